The first-order valence-corrected chi connectivity index (χ1v) is 12.4. The largest absolute Gasteiger partial charge is 0.383 e. The Morgan fingerprint density at radius 1 is 1.13 bits per heavy atom. The Hall–Kier alpha value is -1.49. The molecule has 1 N–H and O–H groups in total. The monoisotopic (exact) mass is 411 g/mol. The van der Waals surface area contributed by atoms with Gasteiger partial charge in [0.25, 0.3) is 0 Å². The number of carbonyl (C=O) groups is 1. The summed E-state index contributed by atoms with van der Waals surface area (Å²) in [6.45, 7) is 5.34. The Morgan fingerprint density at radius 2 is 2.00 bits per heavy atom. The van der Waals surface area contributed by atoms with Gasteiger partial charge in [0.15, 0.2) is 5.78 Å². The fourth-order valence-corrected chi connectivity index (χ4v) is 8.04. The average molecular weight is 412 g/mol. The van der Waals surface area contributed by atoms with Crippen LogP contribution in [0.4, 0.5) is 0 Å². The highest BCUT2D eigenvalue weighted by molar-refractivity contribution is 5.91. The van der Waals surface area contributed by atoms with Crippen LogP contribution in [0.2, 0.25) is 0 Å². The maximum absolute atomic E-state index is 12.1. The number of aromatic nitrogens is 3. The van der Waals surface area contributed by atoms with Crippen molar-refractivity contribution in [3.05, 3.63) is 23.5 Å². The van der Waals surface area contributed by atoms with Gasteiger partial charge in [0, 0.05) is 18.4 Å². The topological polar surface area (TPSA) is 68.0 Å². The van der Waals surface area contributed by atoms with Gasteiger partial charge in [0.2, 0.25) is 0 Å². The standard InChI is InChI=1S/C25H37N3O2/c1-3-5-14-28-16-23(26-27-28)25(30)13-11-22-21-8-6-17-15-18(29)7-9-19(17)20(21)10-12-24(22,25)4-2/h15-16,19-22,30H,3-14H2,1-2H3/t19-,20?,21?,22?,24-,25+/m0/s1. The number of hydrogen-bond donors (Lipinski definition) is 1. The van der Waals surface area contributed by atoms with E-state index in [1.807, 2.05) is 17.0 Å². The second-order valence-corrected chi connectivity index (χ2v) is 10.5. The van der Waals surface area contributed by atoms with Crippen molar-refractivity contribution in [3.63, 3.8) is 0 Å². The van der Waals surface area contributed by atoms with E-state index >= 15 is 0 Å². The quantitative estimate of drug-likeness (QED) is 0.756. The van der Waals surface area contributed by atoms with Gasteiger partial charge in [-0.1, -0.05) is 31.1 Å². The fraction of sp³-hybridized carbons (Fsp3) is 0.800. The van der Waals surface area contributed by atoms with E-state index in [1.54, 1.807) is 0 Å². The van der Waals surface area contributed by atoms with Crippen molar-refractivity contribution in [2.75, 3.05) is 0 Å². The number of nitrogens with zero attached hydrogens (tertiary/aromatic N) is 3. The van der Waals surface area contributed by atoms with E-state index in [-0.39, 0.29) is 5.41 Å². The van der Waals surface area contributed by atoms with Crippen LogP contribution in [0.25, 0.3) is 0 Å². The summed E-state index contributed by atoms with van der Waals surface area (Å²) in [5, 5.41) is 21.0. The smallest absolute Gasteiger partial charge is 0.155 e. The minimum Gasteiger partial charge on any atom is -0.383 e. The van der Waals surface area contributed by atoms with Crippen molar-refractivity contribution in [2.45, 2.75) is 96.6 Å². The van der Waals surface area contributed by atoms with Crippen LogP contribution in [0, 0.1) is 29.1 Å². The van der Waals surface area contributed by atoms with Crippen LogP contribution in [0.3, 0.4) is 0 Å². The molecule has 0 radical (unpaired) electrons. The molecular formula is C25H37N3O2. The van der Waals surface area contributed by atoms with Crippen LogP contribution in [-0.4, -0.2) is 25.9 Å². The number of rotatable bonds is 5. The molecule has 164 valence electrons. The molecule has 0 bridgehead atoms. The second-order valence-electron chi connectivity index (χ2n) is 10.5. The minimum atomic E-state index is -0.847. The molecule has 1 aromatic heterocycles. The Kier molecular flexibility index (Phi) is 5.16. The van der Waals surface area contributed by atoms with Gasteiger partial charge in [-0.25, -0.2) is 0 Å². The molecule has 3 saturated carbocycles. The number of allylic oxidation sites excluding steroid dienone is 1. The van der Waals surface area contributed by atoms with Gasteiger partial charge >= 0.3 is 0 Å². The number of unbranched alkanes of at least 4 members (excludes halogenated alkanes) is 1. The highest BCUT2D eigenvalue weighted by atomic mass is 16.3. The lowest BCUT2D eigenvalue weighted by Gasteiger charge is -2.56. The number of ketones is 1. The summed E-state index contributed by atoms with van der Waals surface area (Å²) in [7, 11) is 0. The molecule has 3 fully saturated rings. The maximum atomic E-state index is 12.1. The third-order valence-corrected chi connectivity index (χ3v) is 9.48. The van der Waals surface area contributed by atoms with E-state index in [2.05, 4.69) is 24.2 Å². The highest BCUT2D eigenvalue weighted by Gasteiger charge is 2.65. The molecule has 5 heteroatoms. The van der Waals surface area contributed by atoms with Crippen LogP contribution >= 0.6 is 0 Å². The molecule has 5 nitrogen and oxygen atoms in total. The van der Waals surface area contributed by atoms with Gasteiger partial charge in [0.05, 0.1) is 6.20 Å². The third-order valence-electron chi connectivity index (χ3n) is 9.48. The fourth-order valence-electron chi connectivity index (χ4n) is 8.04. The molecule has 1 aromatic rings. The minimum absolute atomic E-state index is 0.0779. The molecular weight excluding hydrogens is 374 g/mol. The molecule has 4 aliphatic rings. The first-order valence-electron chi connectivity index (χ1n) is 12.4. The van der Waals surface area contributed by atoms with E-state index < -0.39 is 5.60 Å². The van der Waals surface area contributed by atoms with Gasteiger partial charge in [-0.05, 0) is 87.5 Å². The predicted octanol–water partition coefficient (Wildman–Crippen LogP) is 4.80. The molecule has 0 aromatic carbocycles. The zero-order chi connectivity index (χ0) is 20.9. The summed E-state index contributed by atoms with van der Waals surface area (Å²) in [5.41, 5.74) is 1.32. The Balaban J connectivity index is 1.44. The molecule has 3 unspecified atom stereocenters. The van der Waals surface area contributed by atoms with Crippen molar-refractivity contribution in [1.82, 2.24) is 15.0 Å². The average Bonchev–Trinajstić information content (AvgIpc) is 3.35. The van der Waals surface area contributed by atoms with E-state index in [0.717, 1.165) is 70.0 Å². The Labute approximate surface area is 180 Å². The number of aryl methyl sites for hydroxylation is 1. The molecule has 6 atom stereocenters. The Morgan fingerprint density at radius 3 is 2.80 bits per heavy atom. The summed E-state index contributed by atoms with van der Waals surface area (Å²) in [6.07, 6.45) is 15.4. The molecule has 0 amide bonds. The lowest BCUT2D eigenvalue weighted by atomic mass is 9.49. The van der Waals surface area contributed by atoms with Gasteiger partial charge in [-0.3, -0.25) is 9.48 Å². The van der Waals surface area contributed by atoms with Crippen molar-refractivity contribution >= 4 is 5.78 Å². The van der Waals surface area contributed by atoms with Gasteiger partial charge in [-0.15, -0.1) is 5.10 Å². The number of carbonyl (C=O) groups excluding carboxylic acids is 1. The lowest BCUT2D eigenvalue weighted by molar-refractivity contribution is -0.138. The van der Waals surface area contributed by atoms with Crippen LogP contribution in [0.15, 0.2) is 17.8 Å². The molecule has 30 heavy (non-hydrogen) atoms. The van der Waals surface area contributed by atoms with Crippen LogP contribution in [-0.2, 0) is 16.9 Å². The van der Waals surface area contributed by atoms with E-state index in [9.17, 15) is 9.90 Å². The van der Waals surface area contributed by atoms with Crippen LogP contribution in [0.1, 0.15) is 90.2 Å². The number of aliphatic hydroxyl groups is 1. The summed E-state index contributed by atoms with van der Waals surface area (Å²) >= 11 is 0. The van der Waals surface area contributed by atoms with Gasteiger partial charge in [0.1, 0.15) is 11.3 Å². The summed E-state index contributed by atoms with van der Waals surface area (Å²) in [5.74, 6) is 2.88. The summed E-state index contributed by atoms with van der Waals surface area (Å²) < 4.78 is 1.93. The first kappa shape index (κ1) is 20.4. The summed E-state index contributed by atoms with van der Waals surface area (Å²) in [6, 6.07) is 0. The zero-order valence-corrected chi connectivity index (χ0v) is 18.6. The second kappa shape index (κ2) is 7.58. The van der Waals surface area contributed by atoms with Gasteiger partial charge in [-0.2, -0.15) is 0 Å². The molecule has 0 aliphatic heterocycles. The van der Waals surface area contributed by atoms with Crippen molar-refractivity contribution in [1.29, 1.82) is 0 Å². The SMILES string of the molecule is CCCCn1cc([C@]2(O)CCC3C4CCC5=CC(=O)CC[C@@H]5C4CC[C@@]32CC)nn1. The normalized spacial score (nSPS) is 40.5. The predicted molar refractivity (Wildman–Crippen MR) is 116 cm³/mol. The van der Waals surface area contributed by atoms with Crippen molar-refractivity contribution in [3.8, 4) is 0 Å². The number of hydrogen-bond acceptors (Lipinski definition) is 4. The van der Waals surface area contributed by atoms with E-state index in [0.29, 0.717) is 29.5 Å². The molecule has 5 rings (SSSR count). The zero-order valence-electron chi connectivity index (χ0n) is 18.6. The molecule has 0 saturated heterocycles. The maximum Gasteiger partial charge on any atom is 0.155 e. The highest BCUT2D eigenvalue weighted by Crippen LogP contribution is 2.68. The van der Waals surface area contributed by atoms with E-state index in [4.69, 9.17) is 0 Å². The van der Waals surface area contributed by atoms with E-state index in [1.165, 1.54) is 18.4 Å². The molecule has 4 aliphatic carbocycles. The third kappa shape index (κ3) is 2.87. The van der Waals surface area contributed by atoms with Crippen molar-refractivity contribution < 1.29 is 9.90 Å². The van der Waals surface area contributed by atoms with Crippen LogP contribution < -0.4 is 0 Å². The van der Waals surface area contributed by atoms with Gasteiger partial charge < -0.3 is 5.11 Å². The molecule has 0 spiro atoms. The lowest BCUT2D eigenvalue weighted by Crippen LogP contribution is -2.52. The first-order chi connectivity index (χ1) is 14.5. The van der Waals surface area contributed by atoms with Crippen LogP contribution in [0.5, 0.6) is 0 Å². The Bertz CT molecular complexity index is 845. The van der Waals surface area contributed by atoms with Crippen molar-refractivity contribution in [2.24, 2.45) is 29.1 Å². The summed E-state index contributed by atoms with van der Waals surface area (Å²) in [4.78, 5) is 11.9. The molecule has 1 heterocycles. The number of fused-ring (bicyclic) bond motifs is 5.